The standard InChI is InChI=1S/C34H53N3O3/c1-7-8-10-24(2)27-11-12-28-32-29(23-31(34(27,28)4)40-20-17-37-6)33(3)14-13-26(38-19-16-36-5)21-25(33)22-30(32)39-18-9-15-35/h24-32H,7-14,16-23H2,1-4H3. The van der Waals surface area contributed by atoms with Gasteiger partial charge in [0.15, 0.2) is 0 Å². The van der Waals surface area contributed by atoms with Crippen molar-refractivity contribution in [2.45, 2.75) is 117 Å². The maximum atomic E-state index is 9.28. The number of ether oxygens (including phenoxy) is 3. The number of unbranched alkanes of at least 4 members (excludes halogenated alkanes) is 1. The summed E-state index contributed by atoms with van der Waals surface area (Å²) in [5.74, 6) is 3.39. The van der Waals surface area contributed by atoms with Crippen LogP contribution in [0.4, 0.5) is 0 Å². The van der Waals surface area contributed by atoms with Gasteiger partial charge in [-0.3, -0.25) is 0 Å². The van der Waals surface area contributed by atoms with Crippen molar-refractivity contribution in [3.63, 3.8) is 0 Å². The summed E-state index contributed by atoms with van der Waals surface area (Å²) in [6.45, 7) is 26.8. The molecule has 222 valence electrons. The summed E-state index contributed by atoms with van der Waals surface area (Å²) in [4.78, 5) is 7.10. The van der Waals surface area contributed by atoms with E-state index in [1.54, 1.807) is 0 Å². The number of hydrogen-bond acceptors (Lipinski definition) is 4. The molecule has 4 saturated carbocycles. The van der Waals surface area contributed by atoms with Crippen LogP contribution in [0.15, 0.2) is 0 Å². The fraction of sp³-hybridized carbons (Fsp3) is 0.912. The molecule has 40 heavy (non-hydrogen) atoms. The quantitative estimate of drug-likeness (QED) is 0.175. The molecule has 0 N–H and O–H groups in total. The molecule has 0 aromatic rings. The molecule has 4 aliphatic rings. The Hall–Kier alpha value is -1.65. The predicted octanol–water partition coefficient (Wildman–Crippen LogP) is 7.60. The Morgan fingerprint density at radius 2 is 1.70 bits per heavy atom. The zero-order chi connectivity index (χ0) is 28.8. The summed E-state index contributed by atoms with van der Waals surface area (Å²) in [6, 6.07) is 2.30. The van der Waals surface area contributed by atoms with Crippen LogP contribution in [-0.2, 0) is 14.2 Å². The van der Waals surface area contributed by atoms with E-state index in [-0.39, 0.29) is 29.1 Å². The minimum absolute atomic E-state index is 0.0937. The summed E-state index contributed by atoms with van der Waals surface area (Å²) >= 11 is 0. The Labute approximate surface area is 244 Å². The Morgan fingerprint density at radius 1 is 0.950 bits per heavy atom. The van der Waals surface area contributed by atoms with Crippen LogP contribution >= 0.6 is 0 Å². The van der Waals surface area contributed by atoms with Crippen LogP contribution in [0, 0.1) is 70.8 Å². The molecule has 4 aliphatic carbocycles. The molecule has 4 rings (SSSR count). The summed E-state index contributed by atoms with van der Waals surface area (Å²) in [7, 11) is 0. The molecule has 11 atom stereocenters. The molecule has 0 aromatic heterocycles. The van der Waals surface area contributed by atoms with Crippen molar-refractivity contribution in [1.29, 1.82) is 5.26 Å². The van der Waals surface area contributed by atoms with E-state index in [1.807, 2.05) is 0 Å². The van der Waals surface area contributed by atoms with Crippen molar-refractivity contribution in [2.24, 2.45) is 46.3 Å². The lowest BCUT2D eigenvalue weighted by atomic mass is 9.43. The summed E-state index contributed by atoms with van der Waals surface area (Å²) in [5, 5.41) is 9.28. The Balaban J connectivity index is 1.66. The molecular weight excluding hydrogens is 498 g/mol. The first-order valence-electron chi connectivity index (χ1n) is 16.2. The molecule has 0 heterocycles. The molecular formula is C34H53N3O3. The summed E-state index contributed by atoms with van der Waals surface area (Å²) < 4.78 is 19.6. The van der Waals surface area contributed by atoms with Crippen molar-refractivity contribution < 1.29 is 14.2 Å². The third-order valence-corrected chi connectivity index (χ3v) is 12.1. The third kappa shape index (κ3) is 6.09. The van der Waals surface area contributed by atoms with Gasteiger partial charge in [-0.15, -0.1) is 0 Å². The molecule has 0 amide bonds. The van der Waals surface area contributed by atoms with Crippen molar-refractivity contribution in [3.05, 3.63) is 22.8 Å². The zero-order valence-corrected chi connectivity index (χ0v) is 25.6. The minimum Gasteiger partial charge on any atom is -0.377 e. The Morgan fingerprint density at radius 3 is 2.40 bits per heavy atom. The van der Waals surface area contributed by atoms with Crippen LogP contribution in [0.2, 0.25) is 0 Å². The van der Waals surface area contributed by atoms with Gasteiger partial charge in [-0.05, 0) is 85.9 Å². The molecule has 0 aromatic carbocycles. The number of hydrogen-bond donors (Lipinski definition) is 0. The van der Waals surface area contributed by atoms with E-state index in [1.165, 1.54) is 32.1 Å². The van der Waals surface area contributed by atoms with Gasteiger partial charge in [-0.25, -0.2) is 13.1 Å². The molecule has 0 radical (unpaired) electrons. The van der Waals surface area contributed by atoms with E-state index >= 15 is 0 Å². The lowest BCUT2D eigenvalue weighted by Gasteiger charge is -2.64. The Kier molecular flexibility index (Phi) is 11.0. The van der Waals surface area contributed by atoms with E-state index in [0.29, 0.717) is 74.8 Å². The second-order valence-electron chi connectivity index (χ2n) is 13.8. The molecule has 6 heteroatoms. The highest BCUT2D eigenvalue weighted by atomic mass is 16.5. The SMILES string of the molecule is [C-]#[N+]CCOC1CCC2(C)C(C1)CC(OCCC#N)C1C2CC(OCC[N+]#[C-])C2(C)C(C(C)CCCC)CCC12. The average Bonchev–Trinajstić information content (AvgIpc) is 3.31. The first-order chi connectivity index (χ1) is 19.3. The monoisotopic (exact) mass is 551 g/mol. The highest BCUT2D eigenvalue weighted by molar-refractivity contribution is 5.15. The first-order valence-corrected chi connectivity index (χ1v) is 16.2. The summed E-state index contributed by atoms with van der Waals surface area (Å²) in [5.41, 5.74) is 0.310. The van der Waals surface area contributed by atoms with Gasteiger partial charge in [0.1, 0.15) is 13.2 Å². The molecule has 0 aliphatic heterocycles. The topological polar surface area (TPSA) is 60.2 Å². The van der Waals surface area contributed by atoms with E-state index in [2.05, 4.69) is 43.5 Å². The normalized spacial score (nSPS) is 41.0. The molecule has 11 unspecified atom stereocenters. The second-order valence-corrected chi connectivity index (χ2v) is 13.8. The lowest BCUT2D eigenvalue weighted by Crippen LogP contribution is -2.63. The van der Waals surface area contributed by atoms with Crippen LogP contribution in [0.3, 0.4) is 0 Å². The maximum absolute atomic E-state index is 9.28. The molecule has 0 saturated heterocycles. The third-order valence-electron chi connectivity index (χ3n) is 12.1. The number of nitriles is 1. The van der Waals surface area contributed by atoms with Crippen molar-refractivity contribution in [2.75, 3.05) is 32.9 Å². The van der Waals surface area contributed by atoms with Gasteiger partial charge in [0, 0.05) is 5.41 Å². The highest BCUT2D eigenvalue weighted by Gasteiger charge is 2.66. The Bertz CT molecular complexity index is 952. The van der Waals surface area contributed by atoms with Crippen LogP contribution in [0.25, 0.3) is 9.69 Å². The second kappa shape index (κ2) is 14.0. The van der Waals surface area contributed by atoms with Gasteiger partial charge in [0.2, 0.25) is 13.1 Å². The first kappa shape index (κ1) is 31.3. The van der Waals surface area contributed by atoms with Gasteiger partial charge in [0.05, 0.1) is 37.4 Å². The number of nitrogens with zero attached hydrogens (tertiary/aromatic N) is 3. The van der Waals surface area contributed by atoms with Gasteiger partial charge in [-0.2, -0.15) is 5.26 Å². The van der Waals surface area contributed by atoms with E-state index in [0.717, 1.165) is 32.1 Å². The molecule has 4 fully saturated rings. The predicted molar refractivity (Wildman–Crippen MR) is 157 cm³/mol. The number of fused-ring (bicyclic) bond motifs is 5. The fourth-order valence-electron chi connectivity index (χ4n) is 10.1. The van der Waals surface area contributed by atoms with Crippen LogP contribution < -0.4 is 0 Å². The molecule has 0 bridgehead atoms. The highest BCUT2D eigenvalue weighted by Crippen LogP contribution is 2.69. The molecule has 6 nitrogen and oxygen atoms in total. The fourth-order valence-corrected chi connectivity index (χ4v) is 10.1. The summed E-state index contributed by atoms with van der Waals surface area (Å²) in [6.07, 6.45) is 12.7. The number of rotatable bonds is 13. The van der Waals surface area contributed by atoms with E-state index in [9.17, 15) is 5.26 Å². The smallest absolute Gasteiger partial charge is 0.237 e. The van der Waals surface area contributed by atoms with Gasteiger partial charge in [-0.1, -0.05) is 47.0 Å². The minimum atomic E-state index is 0.0937. The lowest BCUT2D eigenvalue weighted by molar-refractivity contribution is -0.226. The maximum Gasteiger partial charge on any atom is 0.237 e. The van der Waals surface area contributed by atoms with Crippen molar-refractivity contribution in [3.8, 4) is 6.07 Å². The van der Waals surface area contributed by atoms with Crippen LogP contribution in [-0.4, -0.2) is 51.2 Å². The van der Waals surface area contributed by atoms with Gasteiger partial charge >= 0.3 is 0 Å². The van der Waals surface area contributed by atoms with E-state index in [4.69, 9.17) is 27.4 Å². The van der Waals surface area contributed by atoms with E-state index < -0.39 is 0 Å². The van der Waals surface area contributed by atoms with Crippen molar-refractivity contribution >= 4 is 0 Å². The van der Waals surface area contributed by atoms with Crippen molar-refractivity contribution in [1.82, 2.24) is 0 Å². The molecule has 0 spiro atoms. The largest absolute Gasteiger partial charge is 0.377 e. The average molecular weight is 552 g/mol. The van der Waals surface area contributed by atoms with Gasteiger partial charge < -0.3 is 23.9 Å². The zero-order valence-electron chi connectivity index (χ0n) is 25.6. The van der Waals surface area contributed by atoms with Crippen LogP contribution in [0.1, 0.15) is 98.3 Å². The van der Waals surface area contributed by atoms with Crippen LogP contribution in [0.5, 0.6) is 0 Å². The van der Waals surface area contributed by atoms with Gasteiger partial charge in [0.25, 0.3) is 0 Å².